The van der Waals surface area contributed by atoms with Crippen molar-refractivity contribution in [2.75, 3.05) is 0 Å². The van der Waals surface area contributed by atoms with Crippen LogP contribution >= 0.6 is 11.3 Å². The van der Waals surface area contributed by atoms with Gasteiger partial charge >= 0.3 is 0 Å². The van der Waals surface area contributed by atoms with Gasteiger partial charge in [0.15, 0.2) is 0 Å². The molecule has 4 heteroatoms. The number of imidazole rings is 1. The molecule has 11 rings (SSSR count). The van der Waals surface area contributed by atoms with E-state index in [1.165, 1.54) is 63.9 Å². The van der Waals surface area contributed by atoms with Gasteiger partial charge in [0.05, 0.1) is 22.1 Å². The Balaban J connectivity index is 1.10. The molecule has 0 amide bonds. The predicted molar refractivity (Wildman–Crippen MR) is 217 cm³/mol. The fraction of sp³-hybridized carbons (Fsp3) is 0. The zero-order valence-electron chi connectivity index (χ0n) is 27.5. The lowest BCUT2D eigenvalue weighted by Crippen LogP contribution is -1.99. The number of nitrogens with zero attached hydrogens (tertiary/aromatic N) is 3. The molecule has 0 atom stereocenters. The van der Waals surface area contributed by atoms with Crippen LogP contribution in [0, 0.1) is 0 Å². The summed E-state index contributed by atoms with van der Waals surface area (Å²) in [5.41, 5.74) is 10.2. The predicted octanol–water partition coefficient (Wildman–Crippen LogP) is 13.0. The van der Waals surface area contributed by atoms with Gasteiger partial charge in [0.1, 0.15) is 5.82 Å². The van der Waals surface area contributed by atoms with Gasteiger partial charge in [-0.25, -0.2) is 4.98 Å². The van der Waals surface area contributed by atoms with E-state index in [4.69, 9.17) is 4.98 Å². The SMILES string of the molecule is c1cc(-c2nc3ccccc3n2-c2ccc3ccccc3c2)cc(-n2c3ccccc3c3cc(-c4cccc5c4sc4ccccc45)ccc32)c1. The standard InChI is InChI=1S/C47H29N3S/c1-2-12-31-27-35(25-23-30(31)11-1)50-44-21-7-5-19-41(44)48-47(50)33-13-9-14-34(28-33)49-42-20-6-3-15-37(42)40-29-32(24-26-43(40)49)36-17-10-18-39-38-16-4-8-22-45(38)51-46(36)39/h1-29H. The highest BCUT2D eigenvalue weighted by Gasteiger charge is 2.18. The van der Waals surface area contributed by atoms with Crippen LogP contribution in [0.2, 0.25) is 0 Å². The van der Waals surface area contributed by atoms with E-state index in [9.17, 15) is 0 Å². The Morgan fingerprint density at radius 3 is 2.08 bits per heavy atom. The number of hydrogen-bond acceptors (Lipinski definition) is 2. The monoisotopic (exact) mass is 667 g/mol. The average molecular weight is 668 g/mol. The molecule has 238 valence electrons. The molecule has 0 saturated heterocycles. The van der Waals surface area contributed by atoms with Gasteiger partial charge in [-0.1, -0.05) is 115 Å². The third kappa shape index (κ3) is 4.33. The van der Waals surface area contributed by atoms with E-state index >= 15 is 0 Å². The molecule has 0 spiro atoms. The summed E-state index contributed by atoms with van der Waals surface area (Å²) < 4.78 is 7.37. The lowest BCUT2D eigenvalue weighted by molar-refractivity contribution is 1.10. The average Bonchev–Trinajstić information content (AvgIpc) is 3.87. The Bertz CT molecular complexity index is 3160. The second kappa shape index (κ2) is 11.0. The highest BCUT2D eigenvalue weighted by atomic mass is 32.1. The molecule has 0 fully saturated rings. The lowest BCUT2D eigenvalue weighted by Gasteiger charge is -2.13. The van der Waals surface area contributed by atoms with Crippen molar-refractivity contribution in [3.05, 3.63) is 176 Å². The Kier molecular flexibility index (Phi) is 6.12. The van der Waals surface area contributed by atoms with E-state index in [0.717, 1.165) is 33.8 Å². The molecule has 0 aliphatic heterocycles. The first-order chi connectivity index (χ1) is 25.3. The maximum atomic E-state index is 5.23. The van der Waals surface area contributed by atoms with E-state index in [1.54, 1.807) is 0 Å². The number of benzene rings is 8. The van der Waals surface area contributed by atoms with E-state index in [2.05, 4.69) is 185 Å². The normalized spacial score (nSPS) is 11.9. The van der Waals surface area contributed by atoms with Crippen LogP contribution in [0.3, 0.4) is 0 Å². The maximum absolute atomic E-state index is 5.23. The molecule has 0 aliphatic rings. The molecule has 3 nitrogen and oxygen atoms in total. The Morgan fingerprint density at radius 2 is 1.14 bits per heavy atom. The molecular formula is C47H29N3S. The second-order valence-electron chi connectivity index (χ2n) is 13.2. The first-order valence-corrected chi connectivity index (χ1v) is 18.1. The van der Waals surface area contributed by atoms with Gasteiger partial charge in [0.2, 0.25) is 0 Å². The van der Waals surface area contributed by atoms with Gasteiger partial charge in [0, 0.05) is 47.9 Å². The molecule has 0 unspecified atom stereocenters. The first kappa shape index (κ1) is 28.4. The van der Waals surface area contributed by atoms with E-state index < -0.39 is 0 Å². The van der Waals surface area contributed by atoms with Gasteiger partial charge in [-0.3, -0.25) is 4.57 Å². The van der Waals surface area contributed by atoms with Gasteiger partial charge in [-0.2, -0.15) is 0 Å². The minimum Gasteiger partial charge on any atom is -0.309 e. The van der Waals surface area contributed by atoms with Crippen LogP contribution in [-0.2, 0) is 0 Å². The van der Waals surface area contributed by atoms with Crippen LogP contribution in [-0.4, -0.2) is 14.1 Å². The Labute approximate surface area is 297 Å². The Morgan fingerprint density at radius 1 is 0.412 bits per heavy atom. The molecule has 3 aromatic heterocycles. The number of rotatable bonds is 4. The zero-order chi connectivity index (χ0) is 33.5. The summed E-state index contributed by atoms with van der Waals surface area (Å²) in [5, 5.41) is 7.57. The lowest BCUT2D eigenvalue weighted by atomic mass is 10.0. The fourth-order valence-electron chi connectivity index (χ4n) is 7.97. The third-order valence-corrected chi connectivity index (χ3v) is 11.5. The van der Waals surface area contributed by atoms with E-state index in [-0.39, 0.29) is 0 Å². The summed E-state index contributed by atoms with van der Waals surface area (Å²) in [5.74, 6) is 0.924. The minimum absolute atomic E-state index is 0.924. The van der Waals surface area contributed by atoms with Crippen molar-refractivity contribution >= 4 is 75.1 Å². The molecule has 0 N–H and O–H groups in total. The molecule has 8 aromatic carbocycles. The minimum atomic E-state index is 0.924. The van der Waals surface area contributed by atoms with Crippen molar-refractivity contribution in [2.24, 2.45) is 0 Å². The van der Waals surface area contributed by atoms with Crippen molar-refractivity contribution in [2.45, 2.75) is 0 Å². The second-order valence-corrected chi connectivity index (χ2v) is 14.3. The van der Waals surface area contributed by atoms with Crippen LogP contribution in [0.1, 0.15) is 0 Å². The summed E-state index contributed by atoms with van der Waals surface area (Å²) in [6.07, 6.45) is 0. The smallest absolute Gasteiger partial charge is 0.145 e. The summed E-state index contributed by atoms with van der Waals surface area (Å²) in [7, 11) is 0. The summed E-state index contributed by atoms with van der Waals surface area (Å²) in [6, 6.07) is 63.6. The molecule has 0 radical (unpaired) electrons. The quantitative estimate of drug-likeness (QED) is 0.183. The topological polar surface area (TPSA) is 22.8 Å². The van der Waals surface area contributed by atoms with Crippen molar-refractivity contribution in [1.82, 2.24) is 14.1 Å². The molecule has 0 aliphatic carbocycles. The van der Waals surface area contributed by atoms with E-state index in [0.29, 0.717) is 0 Å². The highest BCUT2D eigenvalue weighted by molar-refractivity contribution is 7.26. The fourth-order valence-corrected chi connectivity index (χ4v) is 9.21. The van der Waals surface area contributed by atoms with Crippen molar-refractivity contribution in [3.8, 4) is 33.9 Å². The van der Waals surface area contributed by atoms with E-state index in [1.807, 2.05) is 11.3 Å². The van der Waals surface area contributed by atoms with Gasteiger partial charge in [0.25, 0.3) is 0 Å². The number of hydrogen-bond donors (Lipinski definition) is 0. The van der Waals surface area contributed by atoms with Crippen LogP contribution in [0.5, 0.6) is 0 Å². The molecule has 0 saturated carbocycles. The van der Waals surface area contributed by atoms with Gasteiger partial charge < -0.3 is 4.57 Å². The van der Waals surface area contributed by atoms with Crippen molar-refractivity contribution in [1.29, 1.82) is 0 Å². The van der Waals surface area contributed by atoms with Crippen LogP contribution < -0.4 is 0 Å². The highest BCUT2D eigenvalue weighted by Crippen LogP contribution is 2.42. The van der Waals surface area contributed by atoms with Gasteiger partial charge in [-0.15, -0.1) is 11.3 Å². The molecule has 11 aromatic rings. The van der Waals surface area contributed by atoms with Crippen molar-refractivity contribution in [3.63, 3.8) is 0 Å². The number of para-hydroxylation sites is 3. The van der Waals surface area contributed by atoms with Crippen molar-refractivity contribution < 1.29 is 0 Å². The summed E-state index contributed by atoms with van der Waals surface area (Å²) in [6.45, 7) is 0. The largest absolute Gasteiger partial charge is 0.309 e. The number of aromatic nitrogens is 3. The number of fused-ring (bicyclic) bond motifs is 8. The van der Waals surface area contributed by atoms with Crippen LogP contribution in [0.4, 0.5) is 0 Å². The molecule has 3 heterocycles. The Hall–Kier alpha value is -6.49. The zero-order valence-corrected chi connectivity index (χ0v) is 28.3. The van der Waals surface area contributed by atoms with Gasteiger partial charge in [-0.05, 0) is 82.6 Å². The summed E-state index contributed by atoms with van der Waals surface area (Å²) in [4.78, 5) is 5.23. The van der Waals surface area contributed by atoms with Crippen LogP contribution in [0.15, 0.2) is 176 Å². The third-order valence-electron chi connectivity index (χ3n) is 10.3. The maximum Gasteiger partial charge on any atom is 0.145 e. The first-order valence-electron chi connectivity index (χ1n) is 17.3. The van der Waals surface area contributed by atoms with Crippen LogP contribution in [0.25, 0.3) is 97.7 Å². The summed E-state index contributed by atoms with van der Waals surface area (Å²) >= 11 is 1.88. The number of thiophene rings is 1. The molecule has 51 heavy (non-hydrogen) atoms. The molecular weight excluding hydrogens is 639 g/mol. The molecule has 0 bridgehead atoms.